The molecule has 0 atom stereocenters. The molecule has 0 unspecified atom stereocenters. The molecule has 1 amide bonds. The normalized spacial score (nSPS) is 11.1. The van der Waals surface area contributed by atoms with Gasteiger partial charge in [-0.2, -0.15) is 10.4 Å². The summed E-state index contributed by atoms with van der Waals surface area (Å²) < 4.78 is 30.2. The lowest BCUT2D eigenvalue weighted by Gasteiger charge is -2.21. The lowest BCUT2D eigenvalue weighted by Crippen LogP contribution is -2.39. The number of amides is 1. The van der Waals surface area contributed by atoms with E-state index in [-0.39, 0.29) is 22.3 Å². The lowest BCUT2D eigenvalue weighted by atomic mass is 10.2. The van der Waals surface area contributed by atoms with Gasteiger partial charge in [0.25, 0.3) is 5.91 Å². The highest BCUT2D eigenvalue weighted by atomic mass is 35.5. The summed E-state index contributed by atoms with van der Waals surface area (Å²) >= 11 is 11.8. The minimum atomic E-state index is -3.77. The largest absolute Gasteiger partial charge is 0.479 e. The number of hydrogen-bond donors (Lipinski definition) is 1. The predicted octanol–water partition coefficient (Wildman–Crippen LogP) is 2.81. The van der Waals surface area contributed by atoms with Crippen molar-refractivity contribution in [3.05, 3.63) is 58.1 Å². The van der Waals surface area contributed by atoms with Crippen LogP contribution in [-0.4, -0.2) is 39.9 Å². The Morgan fingerprint density at radius 3 is 2.41 bits per heavy atom. The Morgan fingerprint density at radius 2 is 1.86 bits per heavy atom. The number of nitrogens with zero attached hydrogens (tertiary/aromatic N) is 3. The van der Waals surface area contributed by atoms with Crippen LogP contribution in [0.15, 0.2) is 47.6 Å². The highest BCUT2D eigenvalue weighted by Gasteiger charge is 2.21. The fraction of sp³-hybridized carbons (Fsp3) is 0.167. The van der Waals surface area contributed by atoms with Gasteiger partial charge in [0.05, 0.1) is 18.2 Å². The van der Waals surface area contributed by atoms with Crippen LogP contribution in [0.5, 0.6) is 5.75 Å². The number of nitriles is 1. The van der Waals surface area contributed by atoms with Crippen molar-refractivity contribution in [1.29, 1.82) is 5.26 Å². The van der Waals surface area contributed by atoms with Gasteiger partial charge >= 0.3 is 0 Å². The molecular formula is C18H16Cl2N4O4S. The molecule has 11 heteroatoms. The smallest absolute Gasteiger partial charge is 0.260 e. The number of carbonyl (C=O) groups excluding carboxylic acids is 1. The summed E-state index contributed by atoms with van der Waals surface area (Å²) in [4.78, 5) is 12.2. The number of hydrogen-bond acceptors (Lipinski definition) is 6. The van der Waals surface area contributed by atoms with Gasteiger partial charge in [-0.25, -0.2) is 13.8 Å². The monoisotopic (exact) mass is 454 g/mol. The van der Waals surface area contributed by atoms with Crippen molar-refractivity contribution in [2.45, 2.75) is 0 Å². The number of benzene rings is 2. The first-order valence-electron chi connectivity index (χ1n) is 8.04. The van der Waals surface area contributed by atoms with Crippen molar-refractivity contribution < 1.29 is 17.9 Å². The van der Waals surface area contributed by atoms with Gasteiger partial charge < -0.3 is 4.74 Å². The molecule has 0 spiro atoms. The number of nitrogens with one attached hydrogen (secondary N) is 1. The minimum Gasteiger partial charge on any atom is -0.479 e. The maximum absolute atomic E-state index is 12.2. The quantitative estimate of drug-likeness (QED) is 0.486. The zero-order valence-corrected chi connectivity index (χ0v) is 17.5. The molecular weight excluding hydrogens is 439 g/mol. The van der Waals surface area contributed by atoms with Gasteiger partial charge in [0.1, 0.15) is 18.4 Å². The molecule has 0 saturated heterocycles. The van der Waals surface area contributed by atoms with Crippen LogP contribution in [0, 0.1) is 11.3 Å². The van der Waals surface area contributed by atoms with E-state index in [4.69, 9.17) is 33.2 Å². The van der Waals surface area contributed by atoms with Gasteiger partial charge in [-0.05, 0) is 48.0 Å². The molecule has 0 bridgehead atoms. The molecule has 2 aromatic carbocycles. The zero-order valence-electron chi connectivity index (χ0n) is 15.2. The van der Waals surface area contributed by atoms with Gasteiger partial charge in [-0.15, -0.1) is 0 Å². The van der Waals surface area contributed by atoms with E-state index in [0.29, 0.717) is 11.3 Å². The van der Waals surface area contributed by atoms with Crippen molar-refractivity contribution in [2.75, 3.05) is 23.7 Å². The Morgan fingerprint density at radius 1 is 1.24 bits per heavy atom. The standard InChI is InChI=1S/C18H16Cl2N4O4S/c1-29(26,27)24(16-9-14(19)8-15(20)10-16)12-18(25)23-22-11-13-2-4-17(5-3-13)28-7-6-21/h2-5,8-11H,7,12H2,1H3,(H,23,25)/b22-11-. The maximum Gasteiger partial charge on any atom is 0.260 e. The van der Waals surface area contributed by atoms with Crippen molar-refractivity contribution in [1.82, 2.24) is 5.43 Å². The van der Waals surface area contributed by atoms with Crippen molar-refractivity contribution in [3.63, 3.8) is 0 Å². The van der Waals surface area contributed by atoms with Gasteiger partial charge in [0.15, 0.2) is 6.61 Å². The van der Waals surface area contributed by atoms with Crippen molar-refractivity contribution >= 4 is 51.0 Å². The zero-order chi connectivity index (χ0) is 21.4. The summed E-state index contributed by atoms with van der Waals surface area (Å²) in [7, 11) is -3.77. The summed E-state index contributed by atoms with van der Waals surface area (Å²) in [6.45, 7) is -0.564. The fourth-order valence-electron chi connectivity index (χ4n) is 2.19. The van der Waals surface area contributed by atoms with Gasteiger partial charge in [-0.1, -0.05) is 23.2 Å². The number of hydrazone groups is 1. The molecule has 8 nitrogen and oxygen atoms in total. The second kappa shape index (κ2) is 10.1. The highest BCUT2D eigenvalue weighted by Crippen LogP contribution is 2.26. The van der Waals surface area contributed by atoms with Gasteiger partial charge in [0, 0.05) is 10.0 Å². The third-order valence-corrected chi connectivity index (χ3v) is 4.99. The van der Waals surface area contributed by atoms with Gasteiger partial charge in [-0.3, -0.25) is 9.10 Å². The number of rotatable bonds is 8. The number of carbonyl (C=O) groups is 1. The van der Waals surface area contributed by atoms with Gasteiger partial charge in [0.2, 0.25) is 10.0 Å². The molecule has 2 aromatic rings. The molecule has 0 aromatic heterocycles. The molecule has 1 N–H and O–H groups in total. The molecule has 0 saturated carbocycles. The third kappa shape index (κ3) is 7.27. The first kappa shape index (κ1) is 22.5. The Balaban J connectivity index is 2.03. The number of sulfonamides is 1. The molecule has 0 aliphatic heterocycles. The molecule has 0 aliphatic rings. The van der Waals surface area contributed by atoms with Crippen molar-refractivity contribution in [2.24, 2.45) is 5.10 Å². The summed E-state index contributed by atoms with van der Waals surface area (Å²) in [5.74, 6) is -0.131. The Kier molecular flexibility index (Phi) is 7.84. The molecule has 29 heavy (non-hydrogen) atoms. The topological polar surface area (TPSA) is 112 Å². The molecule has 0 radical (unpaired) electrons. The fourth-order valence-corrected chi connectivity index (χ4v) is 3.55. The van der Waals surface area contributed by atoms with Crippen LogP contribution >= 0.6 is 23.2 Å². The summed E-state index contributed by atoms with van der Waals surface area (Å²) in [5, 5.41) is 12.8. The highest BCUT2D eigenvalue weighted by molar-refractivity contribution is 7.92. The van der Waals surface area contributed by atoms with Crippen molar-refractivity contribution in [3.8, 4) is 11.8 Å². The Bertz CT molecular complexity index is 1030. The first-order chi connectivity index (χ1) is 13.7. The van der Waals surface area contributed by atoms with Crippen LogP contribution in [0.4, 0.5) is 5.69 Å². The molecule has 0 heterocycles. The predicted molar refractivity (Wildman–Crippen MR) is 112 cm³/mol. The average Bonchev–Trinajstić information content (AvgIpc) is 2.63. The summed E-state index contributed by atoms with van der Waals surface area (Å²) in [5.41, 5.74) is 3.09. The molecule has 0 fully saturated rings. The van der Waals surface area contributed by atoms with Crippen LogP contribution < -0.4 is 14.5 Å². The van der Waals surface area contributed by atoms with E-state index in [1.165, 1.54) is 24.4 Å². The molecule has 0 aliphatic carbocycles. The summed E-state index contributed by atoms with van der Waals surface area (Å²) in [6.07, 6.45) is 2.35. The SMILES string of the molecule is CS(=O)(=O)N(CC(=O)N/N=C\c1ccc(OCC#N)cc1)c1cc(Cl)cc(Cl)c1. The van der Waals surface area contributed by atoms with E-state index >= 15 is 0 Å². The average molecular weight is 455 g/mol. The third-order valence-electron chi connectivity index (χ3n) is 3.41. The van der Waals surface area contributed by atoms with Crippen LogP contribution in [0.25, 0.3) is 0 Å². The summed E-state index contributed by atoms with van der Waals surface area (Å²) in [6, 6.07) is 12.8. The Hall–Kier alpha value is -2.80. The van der Waals surface area contributed by atoms with E-state index in [9.17, 15) is 13.2 Å². The lowest BCUT2D eigenvalue weighted by molar-refractivity contribution is -0.119. The van der Waals surface area contributed by atoms with E-state index in [2.05, 4.69) is 10.5 Å². The van der Waals surface area contributed by atoms with Crippen LogP contribution in [-0.2, 0) is 14.8 Å². The second-order valence-corrected chi connectivity index (χ2v) is 8.49. The number of ether oxygens (including phenoxy) is 1. The Labute approximate surface area is 178 Å². The van der Waals surface area contributed by atoms with Crippen LogP contribution in [0.3, 0.4) is 0 Å². The van der Waals surface area contributed by atoms with Crippen LogP contribution in [0.1, 0.15) is 5.56 Å². The minimum absolute atomic E-state index is 0.0574. The maximum atomic E-state index is 12.2. The van der Waals surface area contributed by atoms with E-state index in [1.54, 1.807) is 24.3 Å². The van der Waals surface area contributed by atoms with E-state index < -0.39 is 22.5 Å². The number of anilines is 1. The van der Waals surface area contributed by atoms with E-state index in [1.807, 2.05) is 6.07 Å². The second-order valence-electron chi connectivity index (χ2n) is 5.71. The molecule has 2 rings (SSSR count). The molecule has 152 valence electrons. The first-order valence-corrected chi connectivity index (χ1v) is 10.6. The number of halogens is 2. The van der Waals surface area contributed by atoms with E-state index in [0.717, 1.165) is 10.6 Å². The van der Waals surface area contributed by atoms with Crippen LogP contribution in [0.2, 0.25) is 10.0 Å².